The molecular formula is C21H21N3O6S2. The van der Waals surface area contributed by atoms with Gasteiger partial charge in [0, 0.05) is 24.2 Å². The second-order valence-corrected chi connectivity index (χ2v) is 9.39. The van der Waals surface area contributed by atoms with E-state index >= 15 is 0 Å². The number of carbonyl (C=O) groups is 1. The van der Waals surface area contributed by atoms with Crippen LogP contribution in [0.3, 0.4) is 0 Å². The van der Waals surface area contributed by atoms with E-state index in [0.29, 0.717) is 12.1 Å². The predicted molar refractivity (Wildman–Crippen MR) is 120 cm³/mol. The van der Waals surface area contributed by atoms with E-state index in [1.807, 2.05) is 35.8 Å². The van der Waals surface area contributed by atoms with Crippen molar-refractivity contribution in [2.75, 3.05) is 20.6 Å². The molecule has 0 saturated carbocycles. The van der Waals surface area contributed by atoms with E-state index in [1.54, 1.807) is 11.3 Å². The molecule has 1 heterocycles. The lowest BCUT2D eigenvalue weighted by Gasteiger charge is -2.24. The van der Waals surface area contributed by atoms with E-state index in [2.05, 4.69) is 5.32 Å². The Hall–Kier alpha value is -3.28. The SMILES string of the molecule is CN(C)C(CNC(=O)c1ccc(OS(=O)(=O)c2cccc([N+](=O)[O-])c2)cc1)c1ccsc1. The van der Waals surface area contributed by atoms with Gasteiger partial charge in [-0.2, -0.15) is 19.8 Å². The van der Waals surface area contributed by atoms with E-state index in [1.165, 1.54) is 42.5 Å². The highest BCUT2D eigenvalue weighted by molar-refractivity contribution is 7.87. The lowest BCUT2D eigenvalue weighted by molar-refractivity contribution is -0.385. The summed E-state index contributed by atoms with van der Waals surface area (Å²) >= 11 is 1.59. The molecule has 0 aliphatic rings. The maximum absolute atomic E-state index is 12.5. The van der Waals surface area contributed by atoms with Gasteiger partial charge in [-0.1, -0.05) is 6.07 Å². The van der Waals surface area contributed by atoms with Gasteiger partial charge in [0.05, 0.1) is 11.0 Å². The first kappa shape index (κ1) is 23.4. The van der Waals surface area contributed by atoms with Crippen molar-refractivity contribution >= 4 is 33.0 Å². The Labute approximate surface area is 189 Å². The van der Waals surface area contributed by atoms with Crippen molar-refractivity contribution in [3.8, 4) is 5.75 Å². The average Bonchev–Trinajstić information content (AvgIpc) is 3.28. The number of nitro groups is 1. The van der Waals surface area contributed by atoms with Crippen LogP contribution in [0.25, 0.3) is 0 Å². The second kappa shape index (κ2) is 9.90. The smallest absolute Gasteiger partial charge is 0.339 e. The van der Waals surface area contributed by atoms with E-state index in [0.717, 1.165) is 11.6 Å². The Morgan fingerprint density at radius 3 is 2.50 bits per heavy atom. The first-order valence-electron chi connectivity index (χ1n) is 9.43. The molecule has 0 saturated heterocycles. The third kappa shape index (κ3) is 5.69. The summed E-state index contributed by atoms with van der Waals surface area (Å²) in [7, 11) is -0.402. The Bertz CT molecular complexity index is 1190. The van der Waals surface area contributed by atoms with Gasteiger partial charge in [0.15, 0.2) is 0 Å². The van der Waals surface area contributed by atoms with Gasteiger partial charge in [0.25, 0.3) is 11.6 Å². The largest absolute Gasteiger partial charge is 0.379 e. The van der Waals surface area contributed by atoms with Crippen molar-refractivity contribution in [2.24, 2.45) is 0 Å². The van der Waals surface area contributed by atoms with E-state index in [4.69, 9.17) is 4.18 Å². The molecule has 11 heteroatoms. The van der Waals surface area contributed by atoms with Crippen molar-refractivity contribution in [3.63, 3.8) is 0 Å². The Kier molecular flexibility index (Phi) is 7.23. The van der Waals surface area contributed by atoms with Gasteiger partial charge in [-0.05, 0) is 66.8 Å². The van der Waals surface area contributed by atoms with Crippen LogP contribution in [0.2, 0.25) is 0 Å². The lowest BCUT2D eigenvalue weighted by atomic mass is 10.1. The minimum absolute atomic E-state index is 0.0162. The fourth-order valence-corrected chi connectivity index (χ4v) is 4.62. The summed E-state index contributed by atoms with van der Waals surface area (Å²) in [4.78, 5) is 24.4. The number of nitrogens with one attached hydrogen (secondary N) is 1. The number of carbonyl (C=O) groups excluding carboxylic acids is 1. The molecule has 0 aliphatic heterocycles. The molecule has 32 heavy (non-hydrogen) atoms. The van der Waals surface area contributed by atoms with Crippen LogP contribution in [-0.2, 0) is 10.1 Å². The lowest BCUT2D eigenvalue weighted by Crippen LogP contribution is -2.34. The van der Waals surface area contributed by atoms with Gasteiger partial charge in [-0.25, -0.2) is 0 Å². The summed E-state index contributed by atoms with van der Waals surface area (Å²) in [5.41, 5.74) is 1.09. The van der Waals surface area contributed by atoms with Crippen molar-refractivity contribution in [1.82, 2.24) is 10.2 Å². The van der Waals surface area contributed by atoms with Crippen LogP contribution in [0.5, 0.6) is 5.75 Å². The van der Waals surface area contributed by atoms with E-state index in [-0.39, 0.29) is 28.3 Å². The molecule has 0 fully saturated rings. The number of amides is 1. The number of non-ortho nitro benzene ring substituents is 1. The highest BCUT2D eigenvalue weighted by Crippen LogP contribution is 2.23. The van der Waals surface area contributed by atoms with Crippen LogP contribution in [-0.4, -0.2) is 44.8 Å². The minimum Gasteiger partial charge on any atom is -0.379 e. The Balaban J connectivity index is 1.66. The first-order chi connectivity index (χ1) is 15.2. The van der Waals surface area contributed by atoms with Gasteiger partial charge in [-0.3, -0.25) is 14.9 Å². The summed E-state index contributed by atoms with van der Waals surface area (Å²) in [6, 6.07) is 12.2. The van der Waals surface area contributed by atoms with Crippen LogP contribution in [0.4, 0.5) is 5.69 Å². The van der Waals surface area contributed by atoms with Crippen LogP contribution in [0.15, 0.2) is 70.3 Å². The second-order valence-electron chi connectivity index (χ2n) is 7.06. The molecule has 3 rings (SSSR count). The molecule has 168 valence electrons. The quantitative estimate of drug-likeness (QED) is 0.286. The molecule has 1 atom stereocenters. The Morgan fingerprint density at radius 1 is 1.19 bits per heavy atom. The van der Waals surface area contributed by atoms with Gasteiger partial charge in [-0.15, -0.1) is 0 Å². The fourth-order valence-electron chi connectivity index (χ4n) is 2.94. The molecule has 0 radical (unpaired) electrons. The standard InChI is InChI=1S/C21H21N3O6S2/c1-23(2)20(16-10-11-31-14-16)13-22-21(25)15-6-8-18(9-7-15)30-32(28,29)19-5-3-4-17(12-19)24(26)27/h3-12,14,20H,13H2,1-2H3,(H,22,25). The molecule has 3 aromatic rings. The summed E-state index contributed by atoms with van der Waals surface area (Å²) in [6.45, 7) is 0.405. The average molecular weight is 476 g/mol. The minimum atomic E-state index is -4.27. The molecule has 1 aromatic heterocycles. The van der Waals surface area contributed by atoms with E-state index in [9.17, 15) is 23.3 Å². The molecule has 2 aromatic carbocycles. The van der Waals surface area contributed by atoms with Crippen molar-refractivity contribution < 1.29 is 22.3 Å². The number of thiophene rings is 1. The van der Waals surface area contributed by atoms with Crippen LogP contribution in [0.1, 0.15) is 22.0 Å². The maximum atomic E-state index is 12.5. The van der Waals surface area contributed by atoms with Crippen LogP contribution in [0, 0.1) is 10.1 Å². The molecule has 1 unspecified atom stereocenters. The van der Waals surface area contributed by atoms with Gasteiger partial charge >= 0.3 is 10.1 Å². The predicted octanol–water partition coefficient (Wildman–Crippen LogP) is 3.46. The summed E-state index contributed by atoms with van der Waals surface area (Å²) in [5.74, 6) is -0.322. The van der Waals surface area contributed by atoms with E-state index < -0.39 is 15.0 Å². The molecule has 0 aliphatic carbocycles. The number of rotatable bonds is 9. The summed E-state index contributed by atoms with van der Waals surface area (Å²) < 4.78 is 29.9. The third-order valence-corrected chi connectivity index (χ3v) is 6.59. The zero-order valence-electron chi connectivity index (χ0n) is 17.3. The number of hydrogen-bond acceptors (Lipinski definition) is 8. The normalized spacial score (nSPS) is 12.3. The van der Waals surface area contributed by atoms with Crippen LogP contribution < -0.4 is 9.50 Å². The van der Waals surface area contributed by atoms with Gasteiger partial charge < -0.3 is 14.4 Å². The van der Waals surface area contributed by atoms with Crippen molar-refractivity contribution in [2.45, 2.75) is 10.9 Å². The number of likely N-dealkylation sites (N-methyl/N-ethyl adjacent to an activating group) is 1. The molecule has 9 nitrogen and oxygen atoms in total. The topological polar surface area (TPSA) is 119 Å². The molecular weight excluding hydrogens is 454 g/mol. The monoisotopic (exact) mass is 475 g/mol. The highest BCUT2D eigenvalue weighted by atomic mass is 32.2. The number of nitrogens with zero attached hydrogens (tertiary/aromatic N) is 2. The zero-order chi connectivity index (χ0) is 23.3. The van der Waals surface area contributed by atoms with Crippen molar-refractivity contribution in [3.05, 3.63) is 86.6 Å². The third-order valence-electron chi connectivity index (χ3n) is 4.65. The fraction of sp³-hybridized carbons (Fsp3) is 0.190. The van der Waals surface area contributed by atoms with Crippen molar-refractivity contribution in [1.29, 1.82) is 0 Å². The summed E-state index contributed by atoms with van der Waals surface area (Å²) in [6.07, 6.45) is 0. The molecule has 0 spiro atoms. The molecule has 1 amide bonds. The molecule has 0 bridgehead atoms. The summed E-state index contributed by atoms with van der Waals surface area (Å²) in [5, 5.41) is 17.8. The molecule has 1 N–H and O–H groups in total. The number of nitro benzene ring substituents is 1. The van der Waals surface area contributed by atoms with Gasteiger partial charge in [0.1, 0.15) is 10.6 Å². The zero-order valence-corrected chi connectivity index (χ0v) is 18.9. The first-order valence-corrected chi connectivity index (χ1v) is 11.8. The van der Waals surface area contributed by atoms with Crippen LogP contribution >= 0.6 is 11.3 Å². The highest BCUT2D eigenvalue weighted by Gasteiger charge is 2.20. The number of hydrogen-bond donors (Lipinski definition) is 1. The number of benzene rings is 2. The van der Waals surface area contributed by atoms with Gasteiger partial charge in [0.2, 0.25) is 0 Å². The maximum Gasteiger partial charge on any atom is 0.339 e. The Morgan fingerprint density at radius 2 is 1.91 bits per heavy atom.